The first-order chi connectivity index (χ1) is 16.4. The molecular weight excluding hydrogens is 424 g/mol. The van der Waals surface area contributed by atoms with Crippen molar-refractivity contribution in [2.24, 2.45) is 22.7 Å². The van der Waals surface area contributed by atoms with Gasteiger partial charge in [0.1, 0.15) is 6.10 Å². The van der Waals surface area contributed by atoms with Gasteiger partial charge in [-0.3, -0.25) is 5.41 Å². The van der Waals surface area contributed by atoms with Crippen molar-refractivity contribution in [3.63, 3.8) is 0 Å². The Morgan fingerprint density at radius 2 is 1.85 bits per heavy atom. The number of nitriles is 3. The molecule has 0 amide bonds. The zero-order chi connectivity index (χ0) is 24.1. The molecule has 6 nitrogen and oxygen atoms in total. The van der Waals surface area contributed by atoms with E-state index < -0.39 is 28.6 Å². The highest BCUT2D eigenvalue weighted by Crippen LogP contribution is 2.68. The Bertz CT molecular complexity index is 1190. The van der Waals surface area contributed by atoms with E-state index in [4.69, 9.17) is 14.9 Å². The number of nitrogens with one attached hydrogen (secondary N) is 1. The van der Waals surface area contributed by atoms with E-state index in [1.807, 2.05) is 25.1 Å². The topological polar surface area (TPSA) is 114 Å². The number of hydrogen-bond donors (Lipinski definition) is 1. The molecule has 2 aliphatic carbocycles. The Morgan fingerprint density at radius 1 is 1.12 bits per heavy atom. The van der Waals surface area contributed by atoms with Crippen LogP contribution in [0.3, 0.4) is 0 Å². The van der Waals surface area contributed by atoms with Crippen molar-refractivity contribution in [3.05, 3.63) is 59.7 Å². The smallest absolute Gasteiger partial charge is 0.217 e. The molecule has 0 radical (unpaired) electrons. The van der Waals surface area contributed by atoms with Crippen LogP contribution in [0.15, 0.2) is 54.1 Å². The molecule has 1 saturated carbocycles. The highest BCUT2D eigenvalue weighted by molar-refractivity contribution is 5.89. The predicted octanol–water partition coefficient (Wildman–Crippen LogP) is 5.52. The molecule has 34 heavy (non-hydrogen) atoms. The van der Waals surface area contributed by atoms with Gasteiger partial charge in [-0.15, -0.1) is 0 Å². The normalized spacial score (nSPS) is 37.7. The maximum atomic E-state index is 10.6. The highest BCUT2D eigenvalue weighted by Gasteiger charge is 2.81. The summed E-state index contributed by atoms with van der Waals surface area (Å²) < 4.78 is 12.7. The number of ether oxygens (including phenoxy) is 2. The molecule has 172 valence electrons. The molecule has 1 aromatic rings. The monoisotopic (exact) mass is 452 g/mol. The highest BCUT2D eigenvalue weighted by atomic mass is 16.7. The van der Waals surface area contributed by atoms with E-state index in [1.165, 1.54) is 0 Å². The minimum atomic E-state index is -1.86. The van der Waals surface area contributed by atoms with Gasteiger partial charge in [0.05, 0.1) is 24.1 Å². The maximum Gasteiger partial charge on any atom is 0.217 e. The van der Waals surface area contributed by atoms with Crippen LogP contribution in [0.25, 0.3) is 0 Å². The lowest BCUT2D eigenvalue weighted by atomic mass is 9.50. The third-order valence-electron chi connectivity index (χ3n) is 8.66. The first kappa shape index (κ1) is 22.4. The Morgan fingerprint density at radius 3 is 2.44 bits per heavy atom. The fourth-order valence-electron chi connectivity index (χ4n) is 6.74. The van der Waals surface area contributed by atoms with Crippen LogP contribution in [0, 0.1) is 62.1 Å². The van der Waals surface area contributed by atoms with Crippen LogP contribution in [0.5, 0.6) is 0 Å². The van der Waals surface area contributed by atoms with E-state index in [0.717, 1.165) is 36.0 Å². The van der Waals surface area contributed by atoms with E-state index in [9.17, 15) is 15.8 Å². The lowest BCUT2D eigenvalue weighted by molar-refractivity contribution is -0.285. The van der Waals surface area contributed by atoms with E-state index in [0.29, 0.717) is 25.2 Å². The quantitative estimate of drug-likeness (QED) is 0.607. The van der Waals surface area contributed by atoms with Gasteiger partial charge in [-0.1, -0.05) is 48.6 Å². The Hall–Kier alpha value is -3.40. The van der Waals surface area contributed by atoms with Gasteiger partial charge in [0.25, 0.3) is 0 Å². The number of nitrogens with zero attached hydrogens (tertiary/aromatic N) is 3. The molecule has 4 aliphatic rings. The maximum absolute atomic E-state index is 10.6. The van der Waals surface area contributed by atoms with Gasteiger partial charge in [0.15, 0.2) is 5.41 Å². The van der Waals surface area contributed by atoms with Crippen molar-refractivity contribution >= 4 is 5.90 Å². The van der Waals surface area contributed by atoms with Crippen LogP contribution >= 0.6 is 0 Å². The zero-order valence-corrected chi connectivity index (χ0v) is 19.4. The minimum Gasteiger partial charge on any atom is -0.447 e. The van der Waals surface area contributed by atoms with Gasteiger partial charge >= 0.3 is 0 Å². The molecule has 5 rings (SSSR count). The molecule has 0 aromatic heterocycles. The first-order valence-electron chi connectivity index (χ1n) is 12.0. The summed E-state index contributed by atoms with van der Waals surface area (Å²) in [5.41, 5.74) is -0.410. The van der Waals surface area contributed by atoms with E-state index in [2.05, 4.69) is 43.0 Å². The summed E-state index contributed by atoms with van der Waals surface area (Å²) in [6.45, 7) is 6.09. The molecule has 3 fully saturated rings. The molecule has 2 heterocycles. The molecule has 1 aromatic carbocycles. The second-order valence-electron chi connectivity index (χ2n) is 10.2. The van der Waals surface area contributed by atoms with Crippen molar-refractivity contribution in [2.45, 2.75) is 63.3 Å². The van der Waals surface area contributed by atoms with Crippen LogP contribution in [-0.4, -0.2) is 17.8 Å². The van der Waals surface area contributed by atoms with Crippen LogP contribution in [-0.2, 0) is 9.47 Å². The Kier molecular flexibility index (Phi) is 5.16. The van der Waals surface area contributed by atoms with Gasteiger partial charge in [0.2, 0.25) is 17.1 Å². The third kappa shape index (κ3) is 2.78. The lowest BCUT2D eigenvalue weighted by Gasteiger charge is -2.53. The van der Waals surface area contributed by atoms with Crippen molar-refractivity contribution in [2.75, 3.05) is 0 Å². The summed E-state index contributed by atoms with van der Waals surface area (Å²) >= 11 is 0. The van der Waals surface area contributed by atoms with Crippen molar-refractivity contribution in [1.29, 1.82) is 21.2 Å². The molecule has 2 bridgehead atoms. The average molecular weight is 453 g/mol. The summed E-state index contributed by atoms with van der Waals surface area (Å²) in [6, 6.07) is 16.8. The molecule has 0 spiro atoms. The van der Waals surface area contributed by atoms with Crippen LogP contribution in [0.2, 0.25) is 0 Å². The molecular formula is C28H28N4O2. The van der Waals surface area contributed by atoms with E-state index in [-0.39, 0.29) is 11.8 Å². The first-order valence-corrected chi connectivity index (χ1v) is 12.0. The second-order valence-corrected chi connectivity index (χ2v) is 10.2. The Balaban J connectivity index is 1.61. The second kappa shape index (κ2) is 7.83. The fraction of sp³-hybridized carbons (Fsp3) is 0.500. The molecule has 6 heteroatoms. The summed E-state index contributed by atoms with van der Waals surface area (Å²) in [4.78, 5) is 0. The van der Waals surface area contributed by atoms with Crippen LogP contribution < -0.4 is 0 Å². The average Bonchev–Trinajstić information content (AvgIpc) is 3.07. The molecule has 2 aliphatic heterocycles. The molecule has 2 saturated heterocycles. The molecule has 6 atom stereocenters. The minimum absolute atomic E-state index is 0.141. The van der Waals surface area contributed by atoms with Gasteiger partial charge in [-0.05, 0) is 62.0 Å². The Labute approximate surface area is 200 Å². The fourth-order valence-corrected chi connectivity index (χ4v) is 6.74. The van der Waals surface area contributed by atoms with Gasteiger partial charge < -0.3 is 9.47 Å². The predicted molar refractivity (Wildman–Crippen MR) is 125 cm³/mol. The van der Waals surface area contributed by atoms with Crippen molar-refractivity contribution < 1.29 is 9.47 Å². The lowest BCUT2D eigenvalue weighted by Crippen LogP contribution is -2.64. The third-order valence-corrected chi connectivity index (χ3v) is 8.66. The number of allylic oxidation sites excluding steroid dienone is 2. The number of rotatable bonds is 3. The largest absolute Gasteiger partial charge is 0.447 e. The number of benzene rings is 1. The molecule has 6 unspecified atom stereocenters. The summed E-state index contributed by atoms with van der Waals surface area (Å²) in [5, 5.41) is 40.4. The SMILES string of the molecule is C=C(C)C1CC=C(C2OC34CCC(c5ccccc5)CC3C(C#N)(C(=N)O4)C2(C#N)C#N)CC1. The summed E-state index contributed by atoms with van der Waals surface area (Å²) in [5.74, 6) is -1.53. The van der Waals surface area contributed by atoms with Crippen LogP contribution in [0.1, 0.15) is 56.9 Å². The summed E-state index contributed by atoms with van der Waals surface area (Å²) in [7, 11) is 0. The van der Waals surface area contributed by atoms with Gasteiger partial charge in [0, 0.05) is 6.42 Å². The standard InChI is InChI=1S/C28H28N4O2/c1-18(2)19-8-10-21(11-9-19)24-26(15-29,16-30)27(17-31)23-14-22(20-6-4-3-5-7-20)12-13-28(23,33-24)34-25(27)32/h3-7,10,19,22-24,32H,1,8-9,11-14H2,2H3. The van der Waals surface area contributed by atoms with E-state index >= 15 is 0 Å². The number of hydrogen-bond acceptors (Lipinski definition) is 6. The molecule has 1 N–H and O–H groups in total. The van der Waals surface area contributed by atoms with Crippen molar-refractivity contribution in [3.8, 4) is 18.2 Å². The van der Waals surface area contributed by atoms with Crippen LogP contribution in [0.4, 0.5) is 0 Å². The van der Waals surface area contributed by atoms with Crippen molar-refractivity contribution in [1.82, 2.24) is 0 Å². The van der Waals surface area contributed by atoms with Gasteiger partial charge in [-0.25, -0.2) is 0 Å². The summed E-state index contributed by atoms with van der Waals surface area (Å²) in [6.07, 6.45) is 5.25. The van der Waals surface area contributed by atoms with E-state index in [1.54, 1.807) is 0 Å². The zero-order valence-electron chi connectivity index (χ0n) is 19.4. The van der Waals surface area contributed by atoms with Gasteiger partial charge in [-0.2, -0.15) is 15.8 Å².